The lowest BCUT2D eigenvalue weighted by Crippen LogP contribution is -2.34. The van der Waals surface area contributed by atoms with E-state index in [2.05, 4.69) is 5.87 Å². The molecular formula is C30H24N3O4+. The number of Topliss-reactive ketones (excluding diaryl/α,β-unsaturated/α-hetero) is 2. The first-order valence-corrected chi connectivity index (χ1v) is 11.6. The van der Waals surface area contributed by atoms with Gasteiger partial charge < -0.3 is 9.64 Å². The SMILES string of the molecule is CCOC(=O)C(C(=O)c1ccccc1)=[n+]1ccc(=C2C=CN(C(=C=N)C(=O)c3ccccc3)C=C2)cc1. The smallest absolute Gasteiger partial charge is 0.408 e. The molecule has 0 spiro atoms. The van der Waals surface area contributed by atoms with Gasteiger partial charge in [0.1, 0.15) is 0 Å². The minimum absolute atomic E-state index is 0.0942. The highest BCUT2D eigenvalue weighted by atomic mass is 16.5. The fourth-order valence-corrected chi connectivity index (χ4v) is 3.74. The van der Waals surface area contributed by atoms with Gasteiger partial charge in [-0.05, 0) is 29.9 Å². The standard InChI is InChI=1S/C30H24N3O4/c1-2-37-30(36)27(29(35)25-11-7-4-8-12-25)33-19-15-23(16-20-33)22-13-17-32(18-14-22)26(21-31)28(34)24-9-5-3-6-10-24/h3-20,31H,2H2,1H3/q+1. The van der Waals surface area contributed by atoms with Gasteiger partial charge >= 0.3 is 11.7 Å². The number of nitrogens with one attached hydrogen (secondary N) is 1. The molecule has 0 atom stereocenters. The first-order valence-electron chi connectivity index (χ1n) is 11.6. The van der Waals surface area contributed by atoms with Crippen molar-refractivity contribution in [3.63, 3.8) is 0 Å². The highest BCUT2D eigenvalue weighted by molar-refractivity contribution is 6.17. The summed E-state index contributed by atoms with van der Waals surface area (Å²) >= 11 is 0. The Bertz CT molecular complexity index is 1540. The van der Waals surface area contributed by atoms with E-state index in [1.165, 1.54) is 4.24 Å². The topological polar surface area (TPSA) is 93.4 Å². The van der Waals surface area contributed by atoms with Crippen molar-refractivity contribution < 1.29 is 23.4 Å². The largest absolute Gasteiger partial charge is 0.458 e. The lowest BCUT2D eigenvalue weighted by Gasteiger charge is -2.19. The van der Waals surface area contributed by atoms with Crippen LogP contribution in [0.3, 0.4) is 0 Å². The van der Waals surface area contributed by atoms with Gasteiger partial charge in [0.25, 0.3) is 5.78 Å². The van der Waals surface area contributed by atoms with Crippen LogP contribution >= 0.6 is 0 Å². The van der Waals surface area contributed by atoms with Crippen molar-refractivity contribution in [2.45, 2.75) is 6.92 Å². The third-order valence-corrected chi connectivity index (χ3v) is 5.60. The molecule has 0 radical (unpaired) electrons. The summed E-state index contributed by atoms with van der Waals surface area (Å²) in [5, 5.41) is 8.45. The van der Waals surface area contributed by atoms with Crippen molar-refractivity contribution in [3.05, 3.63) is 137 Å². The number of benzene rings is 2. The van der Waals surface area contributed by atoms with Crippen LogP contribution in [-0.2, 0) is 9.53 Å². The zero-order chi connectivity index (χ0) is 26.2. The van der Waals surface area contributed by atoms with Crippen molar-refractivity contribution in [2.24, 2.45) is 0 Å². The molecule has 0 saturated carbocycles. The average molecular weight is 491 g/mol. The average Bonchev–Trinajstić information content (AvgIpc) is 2.95. The molecular weight excluding hydrogens is 466 g/mol. The van der Waals surface area contributed by atoms with Crippen molar-refractivity contribution in [1.82, 2.24) is 4.90 Å². The van der Waals surface area contributed by atoms with E-state index in [1.807, 2.05) is 6.07 Å². The van der Waals surface area contributed by atoms with Gasteiger partial charge in [-0.2, -0.15) is 4.24 Å². The molecule has 0 fully saturated rings. The number of rotatable bonds is 7. The summed E-state index contributed by atoms with van der Waals surface area (Å²) in [6.07, 6.45) is 10.2. The van der Waals surface area contributed by atoms with E-state index >= 15 is 0 Å². The van der Waals surface area contributed by atoms with E-state index in [0.29, 0.717) is 11.1 Å². The maximum absolute atomic E-state index is 13.1. The van der Waals surface area contributed by atoms with Crippen LogP contribution in [-0.4, -0.2) is 34.9 Å². The third-order valence-electron chi connectivity index (χ3n) is 5.60. The molecule has 0 unspecified atom stereocenters. The Balaban J connectivity index is 1.66. The zero-order valence-corrected chi connectivity index (χ0v) is 20.1. The molecule has 1 aromatic heterocycles. The molecule has 2 aromatic carbocycles. The number of carbonyl (C=O) groups is 3. The monoisotopic (exact) mass is 490 g/mol. The predicted octanol–water partition coefficient (Wildman–Crippen LogP) is 3.31. The second-order valence-electron chi connectivity index (χ2n) is 7.92. The number of esters is 1. The zero-order valence-electron chi connectivity index (χ0n) is 20.1. The Kier molecular flexibility index (Phi) is 7.79. The normalized spacial score (nSPS) is 12.0. The van der Waals surface area contributed by atoms with Gasteiger partial charge in [0.2, 0.25) is 5.78 Å². The Morgan fingerprint density at radius 3 is 1.89 bits per heavy atom. The van der Waals surface area contributed by atoms with Crippen molar-refractivity contribution in [3.8, 4) is 0 Å². The Morgan fingerprint density at radius 2 is 1.38 bits per heavy atom. The number of ketones is 2. The molecule has 7 nitrogen and oxygen atoms in total. The number of pyridine rings is 1. The number of aromatic nitrogens is 1. The maximum atomic E-state index is 13.1. The van der Waals surface area contributed by atoms with E-state index in [1.54, 1.807) is 115 Å². The summed E-state index contributed by atoms with van der Waals surface area (Å²) in [6.45, 7) is 1.83. The third kappa shape index (κ3) is 5.59. The minimum Gasteiger partial charge on any atom is -0.458 e. The van der Waals surface area contributed by atoms with Gasteiger partial charge in [-0.25, -0.2) is 4.79 Å². The lowest BCUT2D eigenvalue weighted by atomic mass is 10.1. The van der Waals surface area contributed by atoms with E-state index in [4.69, 9.17) is 10.1 Å². The number of carbonyl (C=O) groups excluding carboxylic acids is 3. The van der Waals surface area contributed by atoms with E-state index in [9.17, 15) is 14.4 Å². The molecule has 0 saturated heterocycles. The van der Waals surface area contributed by atoms with Crippen LogP contribution in [0.5, 0.6) is 0 Å². The number of hydrogen-bond acceptors (Lipinski definition) is 6. The van der Waals surface area contributed by atoms with Crippen molar-refractivity contribution >= 4 is 29.0 Å². The molecule has 1 N–H and O–H groups in total. The fourth-order valence-electron chi connectivity index (χ4n) is 3.74. The molecule has 37 heavy (non-hydrogen) atoms. The lowest BCUT2D eigenvalue weighted by molar-refractivity contribution is -0.515. The number of hydrogen-bond donors (Lipinski definition) is 1. The molecule has 7 heteroatoms. The Morgan fingerprint density at radius 1 is 0.838 bits per heavy atom. The Hall–Kier alpha value is -5.13. The Labute approximate surface area is 213 Å². The summed E-state index contributed by atoms with van der Waals surface area (Å²) in [7, 11) is 0. The van der Waals surface area contributed by atoms with E-state index in [0.717, 1.165) is 10.8 Å². The quantitative estimate of drug-likeness (QED) is 0.137. The predicted molar refractivity (Wildman–Crippen MR) is 138 cm³/mol. The van der Waals surface area contributed by atoms with E-state index in [-0.39, 0.29) is 23.8 Å². The summed E-state index contributed by atoms with van der Waals surface area (Å²) in [5.41, 5.74) is 1.68. The van der Waals surface area contributed by atoms with Crippen LogP contribution in [0.25, 0.3) is 5.57 Å². The molecule has 0 amide bonds. The molecule has 1 aliphatic heterocycles. The van der Waals surface area contributed by atoms with Crippen LogP contribution < -0.4 is 9.46 Å². The van der Waals surface area contributed by atoms with Gasteiger partial charge in [0.15, 0.2) is 18.1 Å². The molecule has 0 aliphatic carbocycles. The maximum Gasteiger partial charge on any atom is 0.408 e. The number of ether oxygens (including phenoxy) is 1. The van der Waals surface area contributed by atoms with Gasteiger partial charge in [-0.1, -0.05) is 60.7 Å². The first-order chi connectivity index (χ1) is 18.0. The van der Waals surface area contributed by atoms with E-state index < -0.39 is 11.8 Å². The number of nitrogens with zero attached hydrogens (tertiary/aromatic N) is 2. The molecule has 2 heterocycles. The summed E-state index contributed by atoms with van der Waals surface area (Å²) < 4.78 is 6.59. The molecule has 3 aromatic rings. The highest BCUT2D eigenvalue weighted by Crippen LogP contribution is 2.17. The molecule has 1 aliphatic rings. The second kappa shape index (κ2) is 11.5. The van der Waals surface area contributed by atoms with Crippen LogP contribution in [0.15, 0.2) is 115 Å². The van der Waals surface area contributed by atoms with Gasteiger partial charge in [0, 0.05) is 41.5 Å². The molecule has 0 bridgehead atoms. The first kappa shape index (κ1) is 25.0. The number of allylic oxidation sites excluding steroid dienone is 3. The summed E-state index contributed by atoms with van der Waals surface area (Å²) in [6, 6.07) is 20.9. The summed E-state index contributed by atoms with van der Waals surface area (Å²) in [4.78, 5) is 40.1. The highest BCUT2D eigenvalue weighted by Gasteiger charge is 2.30. The van der Waals surface area contributed by atoms with Crippen molar-refractivity contribution in [2.75, 3.05) is 6.61 Å². The van der Waals surface area contributed by atoms with Crippen LogP contribution in [0.4, 0.5) is 0 Å². The second-order valence-corrected chi connectivity index (χ2v) is 7.92. The van der Waals surface area contributed by atoms with Crippen molar-refractivity contribution in [1.29, 1.82) is 5.41 Å². The van der Waals surface area contributed by atoms with Crippen LogP contribution in [0.2, 0.25) is 0 Å². The van der Waals surface area contributed by atoms with Gasteiger partial charge in [-0.3, -0.25) is 15.0 Å². The fraction of sp³-hybridized carbons (Fsp3) is 0.0667. The van der Waals surface area contributed by atoms with Gasteiger partial charge in [0.05, 0.1) is 6.61 Å². The van der Waals surface area contributed by atoms with Crippen LogP contribution in [0, 0.1) is 11.1 Å². The minimum atomic E-state index is -0.705. The van der Waals surface area contributed by atoms with Gasteiger partial charge in [-0.15, -0.1) is 0 Å². The molecule has 182 valence electrons. The summed E-state index contributed by atoms with van der Waals surface area (Å²) in [5.74, 6) is 0.790. The molecule has 4 rings (SSSR count). The van der Waals surface area contributed by atoms with Crippen LogP contribution in [0.1, 0.15) is 27.6 Å².